The summed E-state index contributed by atoms with van der Waals surface area (Å²) in [5.41, 5.74) is 1.89. The van der Waals surface area contributed by atoms with E-state index in [-0.39, 0.29) is 6.54 Å². The van der Waals surface area contributed by atoms with E-state index in [2.05, 4.69) is 4.74 Å². The van der Waals surface area contributed by atoms with E-state index in [1.807, 2.05) is 31.2 Å². The maximum absolute atomic E-state index is 11.2. The first-order chi connectivity index (χ1) is 7.11. The van der Waals surface area contributed by atoms with Gasteiger partial charge in [0.15, 0.2) is 6.21 Å². The van der Waals surface area contributed by atoms with Crippen LogP contribution in [0.5, 0.6) is 0 Å². The van der Waals surface area contributed by atoms with Crippen LogP contribution in [0.15, 0.2) is 24.3 Å². The molecule has 0 aliphatic carbocycles. The number of rotatable bonds is 3. The van der Waals surface area contributed by atoms with Crippen LogP contribution in [0.1, 0.15) is 11.1 Å². The molecule has 0 aromatic heterocycles. The minimum atomic E-state index is -0.548. The molecule has 0 aliphatic rings. The van der Waals surface area contributed by atoms with Gasteiger partial charge in [0.25, 0.3) is 0 Å². The Morgan fingerprint density at radius 3 is 2.60 bits per heavy atom. The smallest absolute Gasteiger partial charge is 0.373 e. The van der Waals surface area contributed by atoms with Gasteiger partial charge >= 0.3 is 5.97 Å². The first-order valence-electron chi connectivity index (χ1n) is 4.54. The van der Waals surface area contributed by atoms with E-state index in [4.69, 9.17) is 0 Å². The number of ether oxygens (including phenoxy) is 1. The molecule has 0 bridgehead atoms. The number of methoxy groups -OCH3 is 1. The van der Waals surface area contributed by atoms with Crippen molar-refractivity contribution in [1.29, 1.82) is 0 Å². The highest BCUT2D eigenvalue weighted by Crippen LogP contribution is 2.00. The number of hydroxylamine groups is 1. The van der Waals surface area contributed by atoms with E-state index in [1.54, 1.807) is 0 Å². The molecule has 4 heteroatoms. The van der Waals surface area contributed by atoms with Gasteiger partial charge in [-0.05, 0) is 19.1 Å². The third kappa shape index (κ3) is 3.81. The van der Waals surface area contributed by atoms with E-state index in [0.29, 0.717) is 4.74 Å². The summed E-state index contributed by atoms with van der Waals surface area (Å²) < 4.78 is 4.93. The lowest BCUT2D eigenvalue weighted by Crippen LogP contribution is -2.18. The standard InChI is InChI=1S/C11H13NO3/c1-9-3-5-10(6-4-9)7-12(14)8-11(13)15-2/h3-7H,8H2,1-2H3/b12-7-. The number of benzene rings is 1. The molecule has 0 atom stereocenters. The van der Waals surface area contributed by atoms with Gasteiger partial charge in [0.1, 0.15) is 0 Å². The van der Waals surface area contributed by atoms with Gasteiger partial charge in [0.05, 0.1) is 7.11 Å². The molecule has 1 aromatic carbocycles. The van der Waals surface area contributed by atoms with Gasteiger partial charge in [0, 0.05) is 5.56 Å². The van der Waals surface area contributed by atoms with E-state index >= 15 is 0 Å². The number of carbonyl (C=O) groups excluding carboxylic acids is 1. The van der Waals surface area contributed by atoms with Gasteiger partial charge in [-0.3, -0.25) is 0 Å². The van der Waals surface area contributed by atoms with Crippen LogP contribution in [0.3, 0.4) is 0 Å². The molecule has 0 radical (unpaired) electrons. The van der Waals surface area contributed by atoms with Gasteiger partial charge < -0.3 is 9.94 Å². The molecule has 0 fully saturated rings. The third-order valence-electron chi connectivity index (χ3n) is 1.88. The van der Waals surface area contributed by atoms with Crippen LogP contribution in [0.25, 0.3) is 0 Å². The van der Waals surface area contributed by atoms with Gasteiger partial charge in [0.2, 0.25) is 6.54 Å². The van der Waals surface area contributed by atoms with E-state index in [9.17, 15) is 10.0 Å². The van der Waals surface area contributed by atoms with Crippen molar-refractivity contribution >= 4 is 12.2 Å². The van der Waals surface area contributed by atoms with Crippen LogP contribution in [-0.4, -0.2) is 30.6 Å². The lowest BCUT2D eigenvalue weighted by molar-refractivity contribution is -0.442. The molecular formula is C11H13NO3. The lowest BCUT2D eigenvalue weighted by atomic mass is 10.2. The Balaban J connectivity index is 2.70. The van der Waals surface area contributed by atoms with Crippen LogP contribution < -0.4 is 0 Å². The number of nitrogens with zero attached hydrogens (tertiary/aromatic N) is 1. The molecule has 0 saturated heterocycles. The zero-order valence-corrected chi connectivity index (χ0v) is 8.77. The van der Waals surface area contributed by atoms with Crippen molar-refractivity contribution in [2.24, 2.45) is 0 Å². The first-order valence-corrected chi connectivity index (χ1v) is 4.54. The normalized spacial score (nSPS) is 11.2. The zero-order chi connectivity index (χ0) is 11.3. The van der Waals surface area contributed by atoms with Crippen molar-refractivity contribution in [2.45, 2.75) is 6.92 Å². The molecule has 0 amide bonds. The summed E-state index contributed by atoms with van der Waals surface area (Å²) in [5.74, 6) is -0.548. The average molecular weight is 207 g/mol. The molecule has 0 N–H and O–H groups in total. The van der Waals surface area contributed by atoms with Crippen LogP contribution >= 0.6 is 0 Å². The highest BCUT2D eigenvalue weighted by atomic mass is 16.5. The molecule has 15 heavy (non-hydrogen) atoms. The van der Waals surface area contributed by atoms with Gasteiger partial charge in [-0.15, -0.1) is 0 Å². The molecule has 80 valence electrons. The average Bonchev–Trinajstić information content (AvgIpc) is 2.21. The second-order valence-corrected chi connectivity index (χ2v) is 3.19. The number of carbonyl (C=O) groups is 1. The van der Waals surface area contributed by atoms with Crippen LogP contribution in [0, 0.1) is 12.1 Å². The summed E-state index contributed by atoms with van der Waals surface area (Å²) in [6.45, 7) is 1.68. The summed E-state index contributed by atoms with van der Waals surface area (Å²) in [7, 11) is 1.25. The maximum Gasteiger partial charge on any atom is 0.373 e. The summed E-state index contributed by atoms with van der Waals surface area (Å²) in [6, 6.07) is 7.44. The Kier molecular flexibility index (Phi) is 3.85. The van der Waals surface area contributed by atoms with Crippen molar-refractivity contribution in [3.8, 4) is 0 Å². The fourth-order valence-electron chi connectivity index (χ4n) is 1.06. The molecule has 0 heterocycles. The minimum Gasteiger partial charge on any atom is -0.623 e. The maximum atomic E-state index is 11.2. The lowest BCUT2D eigenvalue weighted by Gasteiger charge is -2.02. The summed E-state index contributed by atoms with van der Waals surface area (Å²) >= 11 is 0. The molecule has 0 unspecified atom stereocenters. The topological polar surface area (TPSA) is 52.4 Å². The van der Waals surface area contributed by atoms with Gasteiger partial charge in [-0.25, -0.2) is 4.79 Å². The SMILES string of the molecule is COC(=O)C/[N+]([O-])=C/c1ccc(C)cc1. The number of hydrogen-bond donors (Lipinski definition) is 0. The zero-order valence-electron chi connectivity index (χ0n) is 8.77. The Morgan fingerprint density at radius 2 is 2.07 bits per heavy atom. The van der Waals surface area contributed by atoms with Gasteiger partial charge in [-0.2, -0.15) is 4.74 Å². The predicted molar refractivity (Wildman–Crippen MR) is 56.9 cm³/mol. The second-order valence-electron chi connectivity index (χ2n) is 3.19. The van der Waals surface area contributed by atoms with E-state index in [0.717, 1.165) is 11.1 Å². The molecule has 0 spiro atoms. The van der Waals surface area contributed by atoms with E-state index in [1.165, 1.54) is 13.3 Å². The second kappa shape index (κ2) is 5.14. The van der Waals surface area contributed by atoms with Crippen molar-refractivity contribution in [3.05, 3.63) is 40.6 Å². The van der Waals surface area contributed by atoms with Gasteiger partial charge in [-0.1, -0.05) is 17.7 Å². The fourth-order valence-corrected chi connectivity index (χ4v) is 1.06. The van der Waals surface area contributed by atoms with Crippen molar-refractivity contribution in [1.82, 2.24) is 0 Å². The summed E-state index contributed by atoms with van der Waals surface area (Å²) in [4.78, 5) is 10.8. The highest BCUT2D eigenvalue weighted by molar-refractivity contribution is 5.77. The van der Waals surface area contributed by atoms with Crippen LogP contribution in [0.2, 0.25) is 0 Å². The monoisotopic (exact) mass is 207 g/mol. The van der Waals surface area contributed by atoms with Crippen LogP contribution in [0.4, 0.5) is 0 Å². The quantitative estimate of drug-likeness (QED) is 0.245. The van der Waals surface area contributed by atoms with Crippen molar-refractivity contribution in [2.75, 3.05) is 13.7 Å². The fraction of sp³-hybridized carbons (Fsp3) is 0.273. The third-order valence-corrected chi connectivity index (χ3v) is 1.88. The molecule has 0 aliphatic heterocycles. The van der Waals surface area contributed by atoms with Crippen LogP contribution in [-0.2, 0) is 9.53 Å². The Bertz CT molecular complexity index is 368. The van der Waals surface area contributed by atoms with E-state index < -0.39 is 5.97 Å². The Labute approximate surface area is 88.4 Å². The summed E-state index contributed by atoms with van der Waals surface area (Å²) in [5, 5.41) is 11.2. The number of esters is 1. The molecule has 0 saturated carbocycles. The number of hydrogen-bond acceptors (Lipinski definition) is 3. The number of aryl methyl sites for hydroxylation is 1. The molecule has 1 aromatic rings. The minimum absolute atomic E-state index is 0.287. The Morgan fingerprint density at radius 1 is 1.47 bits per heavy atom. The first kappa shape index (κ1) is 11.2. The molecule has 1 rings (SSSR count). The largest absolute Gasteiger partial charge is 0.623 e. The molecular weight excluding hydrogens is 194 g/mol. The Hall–Kier alpha value is -1.84. The highest BCUT2D eigenvalue weighted by Gasteiger charge is 2.05. The summed E-state index contributed by atoms with van der Waals surface area (Å²) in [6.07, 6.45) is 1.36. The van der Waals surface area contributed by atoms with Crippen molar-refractivity contribution in [3.63, 3.8) is 0 Å². The predicted octanol–water partition coefficient (Wildman–Crippen LogP) is 1.10. The van der Waals surface area contributed by atoms with Crippen molar-refractivity contribution < 1.29 is 14.3 Å². The molecule has 4 nitrogen and oxygen atoms in total.